The summed E-state index contributed by atoms with van der Waals surface area (Å²) < 4.78 is 6.71. The molecule has 2 nitrogen and oxygen atoms in total. The van der Waals surface area contributed by atoms with Gasteiger partial charge in [-0.25, -0.2) is 0 Å². The molecule has 10 atom stereocenters. The molecule has 0 aromatic carbocycles. The Labute approximate surface area is 197 Å². The highest BCUT2D eigenvalue weighted by Gasteiger charge is 2.72. The van der Waals surface area contributed by atoms with Crippen LogP contribution in [0.15, 0.2) is 0 Å². The lowest BCUT2D eigenvalue weighted by Crippen LogP contribution is -2.67. The smallest absolute Gasteiger partial charge is 0.0663 e. The van der Waals surface area contributed by atoms with Gasteiger partial charge >= 0.3 is 0 Å². The molecule has 0 amide bonds. The first-order chi connectivity index (χ1) is 14.8. The average Bonchev–Trinajstić information content (AvgIpc) is 3.05. The molecular formula is C30H50O2. The molecule has 1 saturated heterocycles. The van der Waals surface area contributed by atoms with Crippen molar-refractivity contribution in [1.82, 2.24) is 0 Å². The van der Waals surface area contributed by atoms with Crippen molar-refractivity contribution >= 4 is 0 Å². The minimum Gasteiger partial charge on any atom is -0.393 e. The van der Waals surface area contributed by atoms with Crippen molar-refractivity contribution < 1.29 is 9.84 Å². The molecule has 0 spiro atoms. The first-order valence-electron chi connectivity index (χ1n) is 14.1. The number of aliphatic hydroxyl groups is 1. The highest BCUT2D eigenvalue weighted by atomic mass is 16.5. The Morgan fingerprint density at radius 3 is 2.16 bits per heavy atom. The lowest BCUT2D eigenvalue weighted by atomic mass is 9.31. The molecule has 2 heteroatoms. The van der Waals surface area contributed by atoms with Crippen LogP contribution >= 0.6 is 0 Å². The third kappa shape index (κ3) is 2.41. The van der Waals surface area contributed by atoms with Crippen LogP contribution < -0.4 is 0 Å². The fraction of sp³-hybridized carbons (Fsp3) is 1.00. The molecule has 6 aliphatic rings. The summed E-state index contributed by atoms with van der Waals surface area (Å²) in [5.74, 6) is 3.11. The van der Waals surface area contributed by atoms with Crippen molar-refractivity contribution in [2.75, 3.05) is 6.61 Å². The van der Waals surface area contributed by atoms with E-state index in [4.69, 9.17) is 4.74 Å². The van der Waals surface area contributed by atoms with Crippen LogP contribution in [0.3, 0.4) is 0 Å². The highest BCUT2D eigenvalue weighted by molar-refractivity contribution is 5.21. The minimum atomic E-state index is -0.122. The molecule has 2 bridgehead atoms. The van der Waals surface area contributed by atoms with Crippen molar-refractivity contribution in [3.63, 3.8) is 0 Å². The van der Waals surface area contributed by atoms with Crippen LogP contribution in [-0.4, -0.2) is 23.9 Å². The number of aliphatic hydroxyl groups excluding tert-OH is 1. The first kappa shape index (κ1) is 22.4. The number of hydrogen-bond donors (Lipinski definition) is 1. The zero-order valence-corrected chi connectivity index (χ0v) is 22.1. The fourth-order valence-electron chi connectivity index (χ4n) is 12.0. The van der Waals surface area contributed by atoms with Crippen LogP contribution in [0.25, 0.3) is 0 Å². The van der Waals surface area contributed by atoms with Gasteiger partial charge in [0.15, 0.2) is 0 Å². The molecule has 6 rings (SSSR count). The maximum atomic E-state index is 10.9. The second-order valence-corrected chi connectivity index (χ2v) is 15.7. The van der Waals surface area contributed by atoms with Gasteiger partial charge in [0, 0.05) is 0 Å². The molecular weight excluding hydrogens is 392 g/mol. The van der Waals surface area contributed by atoms with Crippen LogP contribution in [0.1, 0.15) is 113 Å². The number of fused-ring (bicyclic) bond motifs is 5. The summed E-state index contributed by atoms with van der Waals surface area (Å²) in [6.45, 7) is 18.9. The van der Waals surface area contributed by atoms with Crippen molar-refractivity contribution in [3.8, 4) is 0 Å². The maximum Gasteiger partial charge on any atom is 0.0663 e. The molecule has 5 saturated carbocycles. The van der Waals surface area contributed by atoms with Gasteiger partial charge in [-0.05, 0) is 120 Å². The van der Waals surface area contributed by atoms with Gasteiger partial charge in [0.05, 0.1) is 18.8 Å². The van der Waals surface area contributed by atoms with Gasteiger partial charge in [-0.3, -0.25) is 0 Å². The monoisotopic (exact) mass is 442 g/mol. The average molecular weight is 443 g/mol. The Kier molecular flexibility index (Phi) is 4.46. The van der Waals surface area contributed by atoms with Crippen molar-refractivity contribution in [2.24, 2.45) is 56.2 Å². The molecule has 1 heterocycles. The Morgan fingerprint density at radius 1 is 0.688 bits per heavy atom. The van der Waals surface area contributed by atoms with E-state index < -0.39 is 0 Å². The molecule has 6 fully saturated rings. The van der Waals surface area contributed by atoms with Gasteiger partial charge in [-0.2, -0.15) is 0 Å². The van der Waals surface area contributed by atoms with Crippen LogP contribution in [-0.2, 0) is 4.74 Å². The molecule has 32 heavy (non-hydrogen) atoms. The molecule has 0 aromatic heterocycles. The van der Waals surface area contributed by atoms with E-state index in [-0.39, 0.29) is 11.5 Å². The Hall–Kier alpha value is -0.0800. The summed E-state index contributed by atoms with van der Waals surface area (Å²) in [4.78, 5) is 0. The van der Waals surface area contributed by atoms with E-state index in [2.05, 4.69) is 48.5 Å². The minimum absolute atomic E-state index is 0.0586. The summed E-state index contributed by atoms with van der Waals surface area (Å²) >= 11 is 0. The summed E-state index contributed by atoms with van der Waals surface area (Å²) in [6, 6.07) is 0. The van der Waals surface area contributed by atoms with Crippen LogP contribution in [0.2, 0.25) is 0 Å². The first-order valence-corrected chi connectivity index (χ1v) is 14.1. The van der Waals surface area contributed by atoms with Gasteiger partial charge in [0.1, 0.15) is 0 Å². The fourth-order valence-corrected chi connectivity index (χ4v) is 12.0. The Bertz CT molecular complexity index is 801. The summed E-state index contributed by atoms with van der Waals surface area (Å²) in [7, 11) is 0. The zero-order valence-electron chi connectivity index (χ0n) is 22.1. The van der Waals surface area contributed by atoms with Crippen molar-refractivity contribution in [3.05, 3.63) is 0 Å². The number of rotatable bonds is 0. The normalized spacial score (nSPS) is 60.0. The molecule has 0 radical (unpaired) electrons. The van der Waals surface area contributed by atoms with Crippen LogP contribution in [0, 0.1) is 56.2 Å². The van der Waals surface area contributed by atoms with E-state index in [0.29, 0.717) is 39.1 Å². The zero-order chi connectivity index (χ0) is 22.9. The van der Waals surface area contributed by atoms with Gasteiger partial charge in [-0.15, -0.1) is 0 Å². The SMILES string of the molecule is CC1(C)CC[C@]23CC[C@@]4(C)[C@@H](CC[C@@H]5[C@@]6(C)CC[C@H](O)C(C)(C)[C@@H]6CC[C@]54C)[C@@H]2[C@H]1OC3. The third-order valence-corrected chi connectivity index (χ3v) is 14.1. The summed E-state index contributed by atoms with van der Waals surface area (Å²) in [5.41, 5.74) is 2.16. The number of hydrogen-bond acceptors (Lipinski definition) is 2. The Balaban J connectivity index is 1.39. The quantitative estimate of drug-likeness (QED) is 0.428. The van der Waals surface area contributed by atoms with E-state index in [1.54, 1.807) is 0 Å². The maximum absolute atomic E-state index is 10.9. The van der Waals surface area contributed by atoms with E-state index >= 15 is 0 Å². The van der Waals surface area contributed by atoms with Gasteiger partial charge < -0.3 is 9.84 Å². The largest absolute Gasteiger partial charge is 0.393 e. The number of ether oxygens (including phenoxy) is 1. The predicted molar refractivity (Wildman–Crippen MR) is 130 cm³/mol. The third-order valence-electron chi connectivity index (χ3n) is 14.1. The second-order valence-electron chi connectivity index (χ2n) is 15.7. The summed E-state index contributed by atoms with van der Waals surface area (Å²) in [5, 5.41) is 10.9. The van der Waals surface area contributed by atoms with Gasteiger partial charge in [0.25, 0.3) is 0 Å². The van der Waals surface area contributed by atoms with Crippen LogP contribution in [0.4, 0.5) is 0 Å². The molecule has 182 valence electrons. The lowest BCUT2D eigenvalue weighted by molar-refractivity contribution is -0.252. The predicted octanol–water partition coefficient (Wildman–Crippen LogP) is 7.24. The standard InChI is InChI=1S/C30H50O2/c1-25(2)14-16-30-17-15-28(6)19(23(30)24(25)32-18-30)8-9-21-27(5)12-11-22(31)26(3,4)20(27)10-13-29(21,28)7/h19-24,31H,8-18H2,1-7H3/t19-,20-,21+,22-,23+,24+,27-,28-,29+,30+/m0/s1. The van der Waals surface area contributed by atoms with Crippen molar-refractivity contribution in [2.45, 2.75) is 125 Å². The molecule has 5 aliphatic carbocycles. The molecule has 1 aliphatic heterocycles. The lowest BCUT2D eigenvalue weighted by Gasteiger charge is -2.73. The van der Waals surface area contributed by atoms with Gasteiger partial charge in [0.2, 0.25) is 0 Å². The van der Waals surface area contributed by atoms with Gasteiger partial charge in [-0.1, -0.05) is 48.5 Å². The summed E-state index contributed by atoms with van der Waals surface area (Å²) in [6.07, 6.45) is 13.7. The molecule has 0 aromatic rings. The topological polar surface area (TPSA) is 29.5 Å². The van der Waals surface area contributed by atoms with E-state index in [0.717, 1.165) is 30.8 Å². The highest BCUT2D eigenvalue weighted by Crippen LogP contribution is 2.78. The molecule has 0 unspecified atom stereocenters. The molecule has 1 N–H and O–H groups in total. The van der Waals surface area contributed by atoms with E-state index in [9.17, 15) is 5.11 Å². The van der Waals surface area contributed by atoms with Crippen molar-refractivity contribution in [1.29, 1.82) is 0 Å². The van der Waals surface area contributed by atoms with Crippen LogP contribution in [0.5, 0.6) is 0 Å². The second kappa shape index (κ2) is 6.37. The van der Waals surface area contributed by atoms with E-state index in [1.165, 1.54) is 57.8 Å². The Morgan fingerprint density at radius 2 is 1.41 bits per heavy atom. The van der Waals surface area contributed by atoms with E-state index in [1.807, 2.05) is 0 Å².